The minimum Gasteiger partial charge on any atom is -0.496 e. The van der Waals surface area contributed by atoms with Gasteiger partial charge in [-0.1, -0.05) is 28.1 Å². The first kappa shape index (κ1) is 23.0. The van der Waals surface area contributed by atoms with Gasteiger partial charge in [0.2, 0.25) is 11.8 Å². The molecule has 0 spiro atoms. The molecule has 164 valence electrons. The maximum atomic E-state index is 12.3. The van der Waals surface area contributed by atoms with Gasteiger partial charge in [-0.3, -0.25) is 9.59 Å². The predicted molar refractivity (Wildman–Crippen MR) is 127 cm³/mol. The van der Waals surface area contributed by atoms with E-state index in [0.29, 0.717) is 5.75 Å². The third-order valence-electron chi connectivity index (χ3n) is 5.53. The fourth-order valence-electron chi connectivity index (χ4n) is 3.67. The predicted octanol–water partition coefficient (Wildman–Crippen LogP) is 3.85. The van der Waals surface area contributed by atoms with Crippen LogP contribution in [-0.4, -0.2) is 43.5 Å². The number of hydrogen-bond acceptors (Lipinski definition) is 4. The van der Waals surface area contributed by atoms with E-state index in [-0.39, 0.29) is 17.7 Å². The van der Waals surface area contributed by atoms with Gasteiger partial charge < -0.3 is 20.7 Å². The number of halogens is 1. The minimum absolute atomic E-state index is 0.0256. The van der Waals surface area contributed by atoms with Gasteiger partial charge in [-0.05, 0) is 74.3 Å². The zero-order valence-electron chi connectivity index (χ0n) is 17.6. The molecule has 2 aromatic carbocycles. The summed E-state index contributed by atoms with van der Waals surface area (Å²) in [4.78, 5) is 25.9. The number of methoxy groups -OCH3 is 1. The van der Waals surface area contributed by atoms with Crippen LogP contribution in [0.2, 0.25) is 0 Å². The highest BCUT2D eigenvalue weighted by atomic mass is 79.9. The van der Waals surface area contributed by atoms with Gasteiger partial charge in [-0.15, -0.1) is 0 Å². The van der Waals surface area contributed by atoms with E-state index in [2.05, 4.69) is 26.1 Å². The molecule has 0 unspecified atom stereocenters. The maximum Gasteiger partial charge on any atom is 0.248 e. The van der Waals surface area contributed by atoms with E-state index in [4.69, 9.17) is 10.5 Å². The van der Waals surface area contributed by atoms with Crippen molar-refractivity contribution in [2.75, 3.05) is 32.1 Å². The summed E-state index contributed by atoms with van der Waals surface area (Å²) in [6.07, 6.45) is 5.85. The summed E-state index contributed by atoms with van der Waals surface area (Å²) in [5.41, 5.74) is 8.18. The molecule has 0 saturated carbocycles. The lowest BCUT2D eigenvalue weighted by Gasteiger charge is -2.30. The number of carbonyl (C=O) groups excluding carboxylic acids is 2. The number of benzene rings is 2. The highest BCUT2D eigenvalue weighted by molar-refractivity contribution is 9.10. The van der Waals surface area contributed by atoms with Gasteiger partial charge in [0, 0.05) is 34.3 Å². The lowest BCUT2D eigenvalue weighted by Crippen LogP contribution is -2.39. The lowest BCUT2D eigenvalue weighted by atomic mass is 9.96. The largest absolute Gasteiger partial charge is 0.496 e. The fourth-order valence-corrected chi connectivity index (χ4v) is 4.05. The number of carbonyl (C=O) groups is 2. The standard InChI is InChI=1S/C24H28BrN3O3/c1-31-22-8-5-20(25)16-19(22)4-9-23(29)27-21-6-2-17(3-7-21)10-13-28-14-11-18(12-15-28)24(26)30/h2-9,16,18H,10-15H2,1H3,(H2,26,30)(H,27,29)/b9-4+. The van der Waals surface area contributed by atoms with Gasteiger partial charge in [0.25, 0.3) is 0 Å². The van der Waals surface area contributed by atoms with Gasteiger partial charge >= 0.3 is 0 Å². The zero-order valence-corrected chi connectivity index (χ0v) is 19.2. The molecule has 0 aromatic heterocycles. The molecule has 7 heteroatoms. The number of anilines is 1. The van der Waals surface area contributed by atoms with E-state index < -0.39 is 0 Å². The molecule has 1 aliphatic rings. The van der Waals surface area contributed by atoms with Crippen LogP contribution in [0.5, 0.6) is 5.75 Å². The van der Waals surface area contributed by atoms with Crippen molar-refractivity contribution in [2.24, 2.45) is 11.7 Å². The Morgan fingerprint density at radius 3 is 2.55 bits per heavy atom. The maximum absolute atomic E-state index is 12.3. The molecule has 2 aromatic rings. The number of nitrogens with zero attached hydrogens (tertiary/aromatic N) is 1. The number of rotatable bonds is 8. The summed E-state index contributed by atoms with van der Waals surface area (Å²) in [6, 6.07) is 13.5. The first-order valence-corrected chi connectivity index (χ1v) is 11.2. The molecule has 3 rings (SSSR count). The number of amides is 2. The van der Waals surface area contributed by atoms with Crippen LogP contribution in [0, 0.1) is 5.92 Å². The van der Waals surface area contributed by atoms with E-state index in [0.717, 1.165) is 54.6 Å². The Hall–Kier alpha value is -2.64. The number of piperidine rings is 1. The van der Waals surface area contributed by atoms with Crippen LogP contribution in [0.15, 0.2) is 53.0 Å². The van der Waals surface area contributed by atoms with E-state index in [1.807, 2.05) is 42.5 Å². The highest BCUT2D eigenvalue weighted by Gasteiger charge is 2.22. The van der Waals surface area contributed by atoms with Gasteiger partial charge in [0.05, 0.1) is 7.11 Å². The molecule has 2 amide bonds. The number of likely N-dealkylation sites (tertiary alicyclic amines) is 1. The van der Waals surface area contributed by atoms with E-state index >= 15 is 0 Å². The Morgan fingerprint density at radius 1 is 1.19 bits per heavy atom. The molecule has 6 nitrogen and oxygen atoms in total. The van der Waals surface area contributed by atoms with E-state index in [1.165, 1.54) is 11.6 Å². The Balaban J connectivity index is 1.47. The van der Waals surface area contributed by atoms with Gasteiger partial charge in [-0.25, -0.2) is 0 Å². The molecule has 1 fully saturated rings. The fraction of sp³-hybridized carbons (Fsp3) is 0.333. The molecular formula is C24H28BrN3O3. The van der Waals surface area contributed by atoms with Crippen LogP contribution in [0.1, 0.15) is 24.0 Å². The monoisotopic (exact) mass is 485 g/mol. The summed E-state index contributed by atoms with van der Waals surface area (Å²) >= 11 is 3.43. The van der Waals surface area contributed by atoms with Crippen LogP contribution < -0.4 is 15.8 Å². The van der Waals surface area contributed by atoms with Crippen molar-refractivity contribution in [1.29, 1.82) is 0 Å². The minimum atomic E-state index is -0.202. The van der Waals surface area contributed by atoms with Crippen molar-refractivity contribution in [2.45, 2.75) is 19.3 Å². The Bertz CT molecular complexity index is 936. The lowest BCUT2D eigenvalue weighted by molar-refractivity contribution is -0.123. The Kier molecular flexibility index (Phi) is 8.26. The van der Waals surface area contributed by atoms with Crippen LogP contribution in [0.4, 0.5) is 5.69 Å². The SMILES string of the molecule is COc1ccc(Br)cc1/C=C/C(=O)Nc1ccc(CCN2CCC(C(N)=O)CC2)cc1. The number of hydrogen-bond donors (Lipinski definition) is 2. The van der Waals surface area contributed by atoms with Crippen molar-refractivity contribution in [3.63, 3.8) is 0 Å². The zero-order chi connectivity index (χ0) is 22.2. The van der Waals surface area contributed by atoms with Crippen molar-refractivity contribution in [3.8, 4) is 5.75 Å². The average Bonchev–Trinajstić information content (AvgIpc) is 2.77. The summed E-state index contributed by atoms with van der Waals surface area (Å²) in [7, 11) is 1.60. The molecule has 0 radical (unpaired) electrons. The van der Waals surface area contributed by atoms with Crippen LogP contribution in [0.3, 0.4) is 0 Å². The number of nitrogens with two attached hydrogens (primary N) is 1. The Morgan fingerprint density at radius 2 is 1.90 bits per heavy atom. The molecule has 31 heavy (non-hydrogen) atoms. The smallest absolute Gasteiger partial charge is 0.248 e. The third kappa shape index (κ3) is 6.94. The summed E-state index contributed by atoms with van der Waals surface area (Å²) in [6.45, 7) is 2.78. The number of nitrogens with one attached hydrogen (secondary N) is 1. The first-order valence-electron chi connectivity index (χ1n) is 10.4. The highest BCUT2D eigenvalue weighted by Crippen LogP contribution is 2.24. The van der Waals surface area contributed by atoms with Gasteiger partial charge in [0.15, 0.2) is 0 Å². The number of primary amides is 1. The molecule has 3 N–H and O–H groups in total. The molecule has 0 bridgehead atoms. The summed E-state index contributed by atoms with van der Waals surface area (Å²) in [5, 5.41) is 2.88. The van der Waals surface area contributed by atoms with Gasteiger partial charge in [-0.2, -0.15) is 0 Å². The van der Waals surface area contributed by atoms with Crippen molar-refractivity contribution in [1.82, 2.24) is 4.90 Å². The molecule has 1 heterocycles. The quantitative estimate of drug-likeness (QED) is 0.556. The number of ether oxygens (including phenoxy) is 1. The topological polar surface area (TPSA) is 84.7 Å². The van der Waals surface area contributed by atoms with E-state index in [1.54, 1.807) is 13.2 Å². The molecular weight excluding hydrogens is 458 g/mol. The third-order valence-corrected chi connectivity index (χ3v) is 6.03. The van der Waals surface area contributed by atoms with Crippen molar-refractivity contribution >= 4 is 39.5 Å². The summed E-state index contributed by atoms with van der Waals surface area (Å²) in [5.74, 6) is 0.350. The second-order valence-electron chi connectivity index (χ2n) is 7.67. The van der Waals surface area contributed by atoms with Crippen LogP contribution >= 0.6 is 15.9 Å². The normalized spacial score (nSPS) is 15.2. The van der Waals surface area contributed by atoms with Crippen LogP contribution in [0.25, 0.3) is 6.08 Å². The van der Waals surface area contributed by atoms with Crippen molar-refractivity contribution in [3.05, 3.63) is 64.1 Å². The average molecular weight is 486 g/mol. The van der Waals surface area contributed by atoms with Crippen molar-refractivity contribution < 1.29 is 14.3 Å². The van der Waals surface area contributed by atoms with E-state index in [9.17, 15) is 9.59 Å². The summed E-state index contributed by atoms with van der Waals surface area (Å²) < 4.78 is 6.24. The van der Waals surface area contributed by atoms with Crippen LogP contribution in [-0.2, 0) is 16.0 Å². The van der Waals surface area contributed by atoms with Gasteiger partial charge in [0.1, 0.15) is 5.75 Å². The second-order valence-corrected chi connectivity index (χ2v) is 8.59. The first-order chi connectivity index (χ1) is 14.9. The Labute approximate surface area is 191 Å². The molecule has 1 aliphatic heterocycles. The molecule has 0 aliphatic carbocycles. The second kappa shape index (κ2) is 11.1. The molecule has 1 saturated heterocycles. The molecule has 0 atom stereocenters.